The van der Waals surface area contributed by atoms with Crippen molar-refractivity contribution in [1.82, 2.24) is 0 Å². The molecule has 0 aliphatic heterocycles. The molecule has 0 saturated heterocycles. The van der Waals surface area contributed by atoms with Crippen molar-refractivity contribution in [2.24, 2.45) is 0 Å². The summed E-state index contributed by atoms with van der Waals surface area (Å²) in [5, 5.41) is 3.31. The molecule has 0 unspecified atom stereocenters. The zero-order chi connectivity index (χ0) is 15.5. The Kier molecular flexibility index (Phi) is 8.87. The molecule has 21 heavy (non-hydrogen) atoms. The minimum absolute atomic E-state index is 0.102. The number of hydrogen-bond donors (Lipinski definition) is 2. The second-order valence-electron chi connectivity index (χ2n) is 5.06. The summed E-state index contributed by atoms with van der Waals surface area (Å²) in [6.07, 6.45) is 6.38. The normalized spacial score (nSPS) is 10.6. The van der Waals surface area contributed by atoms with E-state index in [1.54, 1.807) is 18.2 Å². The molecule has 0 aliphatic carbocycles. The molecule has 3 N–H and O–H groups in total. The Morgan fingerprint density at radius 3 is 2.71 bits per heavy atom. The van der Waals surface area contributed by atoms with E-state index < -0.39 is 0 Å². The summed E-state index contributed by atoms with van der Waals surface area (Å²) in [6, 6.07) is 5.01. The Bertz CT molecular complexity index is 438. The first-order chi connectivity index (χ1) is 10.1. The van der Waals surface area contributed by atoms with Gasteiger partial charge in [-0.1, -0.05) is 44.2 Å². The summed E-state index contributed by atoms with van der Waals surface area (Å²) in [7, 11) is 0. The lowest BCUT2D eigenvalue weighted by Gasteiger charge is -2.09. The first kappa shape index (κ1) is 17.8. The van der Waals surface area contributed by atoms with E-state index in [2.05, 4.69) is 12.2 Å². The maximum atomic E-state index is 11.7. The van der Waals surface area contributed by atoms with Gasteiger partial charge in [-0.3, -0.25) is 4.79 Å². The van der Waals surface area contributed by atoms with Gasteiger partial charge >= 0.3 is 0 Å². The average molecular weight is 313 g/mol. The summed E-state index contributed by atoms with van der Waals surface area (Å²) in [5.41, 5.74) is 6.83. The Balaban J connectivity index is 2.11. The molecule has 0 aliphatic rings. The van der Waals surface area contributed by atoms with Gasteiger partial charge < -0.3 is 15.8 Å². The van der Waals surface area contributed by atoms with E-state index in [-0.39, 0.29) is 5.91 Å². The van der Waals surface area contributed by atoms with Gasteiger partial charge in [-0.05, 0) is 24.6 Å². The van der Waals surface area contributed by atoms with Crippen LogP contribution in [0, 0.1) is 0 Å². The molecule has 1 amide bonds. The highest BCUT2D eigenvalue weighted by molar-refractivity contribution is 6.31. The van der Waals surface area contributed by atoms with Gasteiger partial charge in [-0.2, -0.15) is 0 Å². The molecule has 0 bridgehead atoms. The van der Waals surface area contributed by atoms with E-state index in [1.165, 1.54) is 25.7 Å². The predicted octanol–water partition coefficient (Wildman–Crippen LogP) is 4.24. The van der Waals surface area contributed by atoms with Gasteiger partial charge in [-0.15, -0.1) is 0 Å². The lowest BCUT2D eigenvalue weighted by molar-refractivity contribution is -0.117. The third kappa shape index (κ3) is 7.93. The standard InChI is InChI=1S/C16H25ClN2O2/c1-2-3-4-5-6-10-21-11-9-16(20)19-15-8-7-13(17)12-14(15)18/h7-8,12H,2-6,9-11,18H2,1H3,(H,19,20). The number of rotatable bonds is 10. The highest BCUT2D eigenvalue weighted by Gasteiger charge is 2.05. The fraction of sp³-hybridized carbons (Fsp3) is 0.562. The number of nitrogens with two attached hydrogens (primary N) is 1. The van der Waals surface area contributed by atoms with Crippen molar-refractivity contribution in [3.63, 3.8) is 0 Å². The highest BCUT2D eigenvalue weighted by Crippen LogP contribution is 2.22. The first-order valence-corrected chi connectivity index (χ1v) is 7.94. The van der Waals surface area contributed by atoms with Crippen LogP contribution in [0.5, 0.6) is 0 Å². The van der Waals surface area contributed by atoms with Crippen molar-refractivity contribution in [3.8, 4) is 0 Å². The molecule has 1 rings (SSSR count). The van der Waals surface area contributed by atoms with E-state index in [0.717, 1.165) is 13.0 Å². The van der Waals surface area contributed by atoms with E-state index in [1.807, 2.05) is 0 Å². The van der Waals surface area contributed by atoms with Crippen LogP contribution in [0.25, 0.3) is 0 Å². The van der Waals surface area contributed by atoms with Crippen molar-refractivity contribution in [1.29, 1.82) is 0 Å². The molecule has 5 heteroatoms. The number of amides is 1. The van der Waals surface area contributed by atoms with Crippen LogP contribution >= 0.6 is 11.6 Å². The zero-order valence-corrected chi connectivity index (χ0v) is 13.4. The van der Waals surface area contributed by atoms with Crippen molar-refractivity contribution < 1.29 is 9.53 Å². The quantitative estimate of drug-likeness (QED) is 0.502. The molecular weight excluding hydrogens is 288 g/mol. The molecule has 1 aromatic rings. The monoisotopic (exact) mass is 312 g/mol. The second-order valence-corrected chi connectivity index (χ2v) is 5.49. The Morgan fingerprint density at radius 2 is 2.00 bits per heavy atom. The third-order valence-electron chi connectivity index (χ3n) is 3.15. The molecule has 0 heterocycles. The van der Waals surface area contributed by atoms with E-state index in [9.17, 15) is 4.79 Å². The highest BCUT2D eigenvalue weighted by atomic mass is 35.5. The summed E-state index contributed by atoms with van der Waals surface area (Å²) in [4.78, 5) is 11.7. The average Bonchev–Trinajstić information content (AvgIpc) is 2.45. The van der Waals surface area contributed by atoms with Crippen LogP contribution in [0.4, 0.5) is 11.4 Å². The number of carbonyl (C=O) groups excluding carboxylic acids is 1. The molecule has 0 atom stereocenters. The van der Waals surface area contributed by atoms with Crippen LogP contribution in [0.1, 0.15) is 45.4 Å². The molecule has 1 aromatic carbocycles. The van der Waals surface area contributed by atoms with Gasteiger partial charge in [-0.25, -0.2) is 0 Å². The van der Waals surface area contributed by atoms with Crippen LogP contribution in [-0.2, 0) is 9.53 Å². The summed E-state index contributed by atoms with van der Waals surface area (Å²) >= 11 is 5.80. The van der Waals surface area contributed by atoms with Gasteiger partial charge in [0.1, 0.15) is 0 Å². The molecule has 0 aromatic heterocycles. The summed E-state index contributed by atoms with van der Waals surface area (Å²) < 4.78 is 5.46. The van der Waals surface area contributed by atoms with Crippen LogP contribution in [0.15, 0.2) is 18.2 Å². The minimum Gasteiger partial charge on any atom is -0.397 e. The molecule has 0 fully saturated rings. The van der Waals surface area contributed by atoms with Crippen molar-refractivity contribution in [2.75, 3.05) is 24.3 Å². The lowest BCUT2D eigenvalue weighted by atomic mass is 10.2. The Hall–Kier alpha value is -1.26. The number of carbonyl (C=O) groups is 1. The van der Waals surface area contributed by atoms with Gasteiger partial charge in [0.05, 0.1) is 24.4 Å². The molecule has 118 valence electrons. The van der Waals surface area contributed by atoms with Crippen LogP contribution in [0.3, 0.4) is 0 Å². The number of anilines is 2. The SMILES string of the molecule is CCCCCCCOCCC(=O)Nc1ccc(Cl)cc1N. The number of nitrogens with one attached hydrogen (secondary N) is 1. The maximum Gasteiger partial charge on any atom is 0.226 e. The first-order valence-electron chi connectivity index (χ1n) is 7.56. The molecule has 0 saturated carbocycles. The van der Waals surface area contributed by atoms with Gasteiger partial charge in [0.25, 0.3) is 0 Å². The van der Waals surface area contributed by atoms with E-state index >= 15 is 0 Å². The van der Waals surface area contributed by atoms with Crippen molar-refractivity contribution in [2.45, 2.75) is 45.4 Å². The Labute approximate surface area is 132 Å². The van der Waals surface area contributed by atoms with Crippen molar-refractivity contribution >= 4 is 28.9 Å². The fourth-order valence-corrected chi connectivity index (χ4v) is 2.12. The number of benzene rings is 1. The topological polar surface area (TPSA) is 64.3 Å². The maximum absolute atomic E-state index is 11.7. The number of halogens is 1. The van der Waals surface area contributed by atoms with Gasteiger partial charge in [0.2, 0.25) is 5.91 Å². The van der Waals surface area contributed by atoms with Crippen LogP contribution in [-0.4, -0.2) is 19.1 Å². The molecular formula is C16H25ClN2O2. The molecule has 4 nitrogen and oxygen atoms in total. The van der Waals surface area contributed by atoms with E-state index in [0.29, 0.717) is 29.4 Å². The van der Waals surface area contributed by atoms with Gasteiger partial charge in [0.15, 0.2) is 0 Å². The summed E-state index contributed by atoms with van der Waals surface area (Å²) in [5.74, 6) is -0.102. The largest absolute Gasteiger partial charge is 0.397 e. The summed E-state index contributed by atoms with van der Waals surface area (Å²) in [6.45, 7) is 3.36. The number of nitrogen functional groups attached to an aromatic ring is 1. The van der Waals surface area contributed by atoms with Crippen LogP contribution in [0.2, 0.25) is 5.02 Å². The van der Waals surface area contributed by atoms with E-state index in [4.69, 9.17) is 22.1 Å². The second kappa shape index (κ2) is 10.5. The minimum atomic E-state index is -0.102. The lowest BCUT2D eigenvalue weighted by Crippen LogP contribution is -2.15. The third-order valence-corrected chi connectivity index (χ3v) is 3.39. The molecule has 0 spiro atoms. The number of unbranched alkanes of at least 4 members (excludes halogenated alkanes) is 4. The fourth-order valence-electron chi connectivity index (χ4n) is 1.93. The van der Waals surface area contributed by atoms with Crippen molar-refractivity contribution in [3.05, 3.63) is 23.2 Å². The smallest absolute Gasteiger partial charge is 0.226 e. The number of ether oxygens (including phenoxy) is 1. The molecule has 0 radical (unpaired) electrons. The predicted molar refractivity (Wildman–Crippen MR) is 88.7 cm³/mol. The Morgan fingerprint density at radius 1 is 1.24 bits per heavy atom. The zero-order valence-electron chi connectivity index (χ0n) is 12.7. The number of hydrogen-bond acceptors (Lipinski definition) is 3. The van der Waals surface area contributed by atoms with Crippen LogP contribution < -0.4 is 11.1 Å². The van der Waals surface area contributed by atoms with Gasteiger partial charge in [0, 0.05) is 11.6 Å².